The van der Waals surface area contributed by atoms with Crippen LogP contribution in [0, 0.1) is 6.92 Å². The van der Waals surface area contributed by atoms with Crippen molar-refractivity contribution in [1.29, 1.82) is 0 Å². The lowest BCUT2D eigenvalue weighted by Crippen LogP contribution is -1.95. The molecule has 0 bridgehead atoms. The Hall–Kier alpha value is -1.05. The summed E-state index contributed by atoms with van der Waals surface area (Å²) in [4.78, 5) is 4.29. The van der Waals surface area contributed by atoms with Crippen LogP contribution in [-0.4, -0.2) is 12.1 Å². The Morgan fingerprint density at radius 3 is 2.79 bits per heavy atom. The number of hydrogen-bond acceptors (Lipinski definition) is 2. The van der Waals surface area contributed by atoms with Crippen molar-refractivity contribution in [3.8, 4) is 5.75 Å². The van der Waals surface area contributed by atoms with E-state index in [1.165, 1.54) is 24.8 Å². The number of nitrogens with zero attached hydrogens (tertiary/aromatic N) is 1. The molecule has 1 rings (SSSR count). The van der Waals surface area contributed by atoms with Gasteiger partial charge < -0.3 is 4.74 Å². The molecule has 1 aromatic rings. The fraction of sp³-hybridized carbons (Fsp3) is 0.583. The van der Waals surface area contributed by atoms with Gasteiger partial charge in [0.2, 0.25) is 0 Å². The molecule has 0 aromatic carbocycles. The fourth-order valence-corrected chi connectivity index (χ4v) is 1.51. The minimum Gasteiger partial charge on any atom is -0.496 e. The number of ether oxygens (including phenoxy) is 1. The number of hydrogen-bond donors (Lipinski definition) is 0. The average molecular weight is 193 g/mol. The molecule has 0 N–H and O–H groups in total. The number of aromatic nitrogens is 1. The molecule has 2 heteroatoms. The van der Waals surface area contributed by atoms with Gasteiger partial charge in [0.25, 0.3) is 0 Å². The molecular weight excluding hydrogens is 174 g/mol. The molecule has 14 heavy (non-hydrogen) atoms. The molecule has 78 valence electrons. The average Bonchev–Trinajstić information content (AvgIpc) is 2.20. The number of aryl methyl sites for hydroxylation is 2. The SMILES string of the molecule is CCCCCc1cnc(C)cc1OC. The van der Waals surface area contributed by atoms with Crippen LogP contribution in [0.1, 0.15) is 37.4 Å². The molecule has 0 radical (unpaired) electrons. The summed E-state index contributed by atoms with van der Waals surface area (Å²) in [7, 11) is 1.72. The number of unbranched alkanes of at least 4 members (excludes halogenated alkanes) is 2. The monoisotopic (exact) mass is 193 g/mol. The van der Waals surface area contributed by atoms with E-state index in [4.69, 9.17) is 4.74 Å². The molecule has 0 aliphatic carbocycles. The topological polar surface area (TPSA) is 22.1 Å². The zero-order valence-electron chi connectivity index (χ0n) is 9.34. The lowest BCUT2D eigenvalue weighted by atomic mass is 10.1. The van der Waals surface area contributed by atoms with Crippen molar-refractivity contribution in [2.24, 2.45) is 0 Å². The Morgan fingerprint density at radius 2 is 2.14 bits per heavy atom. The van der Waals surface area contributed by atoms with E-state index in [1.807, 2.05) is 19.2 Å². The van der Waals surface area contributed by atoms with Crippen molar-refractivity contribution in [1.82, 2.24) is 4.98 Å². The van der Waals surface area contributed by atoms with Crippen LogP contribution in [0.5, 0.6) is 5.75 Å². The maximum absolute atomic E-state index is 5.32. The molecule has 0 amide bonds. The van der Waals surface area contributed by atoms with E-state index in [1.54, 1.807) is 7.11 Å². The first-order valence-corrected chi connectivity index (χ1v) is 5.27. The third-order valence-corrected chi connectivity index (χ3v) is 2.35. The molecule has 0 spiro atoms. The van der Waals surface area contributed by atoms with Crippen molar-refractivity contribution in [3.05, 3.63) is 23.5 Å². The summed E-state index contributed by atoms with van der Waals surface area (Å²) in [6, 6.07) is 2.00. The van der Waals surface area contributed by atoms with Gasteiger partial charge in [-0.1, -0.05) is 19.8 Å². The number of rotatable bonds is 5. The van der Waals surface area contributed by atoms with Crippen LogP contribution in [0.2, 0.25) is 0 Å². The predicted octanol–water partition coefficient (Wildman–Crippen LogP) is 3.13. The smallest absolute Gasteiger partial charge is 0.125 e. The normalized spacial score (nSPS) is 10.2. The van der Waals surface area contributed by atoms with Crippen LogP contribution in [-0.2, 0) is 6.42 Å². The summed E-state index contributed by atoms with van der Waals surface area (Å²) in [6.07, 6.45) is 6.75. The summed E-state index contributed by atoms with van der Waals surface area (Å²) in [6.45, 7) is 4.20. The third-order valence-electron chi connectivity index (χ3n) is 2.35. The molecule has 0 unspecified atom stereocenters. The van der Waals surface area contributed by atoms with E-state index < -0.39 is 0 Å². The molecule has 0 aliphatic rings. The third kappa shape index (κ3) is 3.02. The minimum atomic E-state index is 0.980. The summed E-state index contributed by atoms with van der Waals surface area (Å²) < 4.78 is 5.32. The molecule has 0 aliphatic heterocycles. The fourth-order valence-electron chi connectivity index (χ4n) is 1.51. The Morgan fingerprint density at radius 1 is 1.36 bits per heavy atom. The van der Waals surface area contributed by atoms with Gasteiger partial charge in [-0.05, 0) is 19.8 Å². The first kappa shape index (κ1) is 11.0. The van der Waals surface area contributed by atoms with Crippen LogP contribution in [0.4, 0.5) is 0 Å². The maximum Gasteiger partial charge on any atom is 0.125 e. The number of pyridine rings is 1. The van der Waals surface area contributed by atoms with Crippen molar-refractivity contribution in [2.75, 3.05) is 7.11 Å². The predicted molar refractivity (Wildman–Crippen MR) is 58.8 cm³/mol. The zero-order valence-corrected chi connectivity index (χ0v) is 9.34. The highest BCUT2D eigenvalue weighted by Gasteiger charge is 2.03. The van der Waals surface area contributed by atoms with Crippen LogP contribution in [0.3, 0.4) is 0 Å². The van der Waals surface area contributed by atoms with Crippen molar-refractivity contribution < 1.29 is 4.74 Å². The molecule has 0 saturated heterocycles. The van der Waals surface area contributed by atoms with Gasteiger partial charge in [-0.3, -0.25) is 4.98 Å². The van der Waals surface area contributed by atoms with Gasteiger partial charge in [-0.2, -0.15) is 0 Å². The van der Waals surface area contributed by atoms with Gasteiger partial charge in [-0.25, -0.2) is 0 Å². The molecule has 0 saturated carbocycles. The van der Waals surface area contributed by atoms with Gasteiger partial charge in [0.05, 0.1) is 7.11 Å². The second-order valence-corrected chi connectivity index (χ2v) is 3.59. The van der Waals surface area contributed by atoms with Crippen LogP contribution >= 0.6 is 0 Å². The van der Waals surface area contributed by atoms with Gasteiger partial charge in [-0.15, -0.1) is 0 Å². The molecular formula is C12H19NO. The second-order valence-electron chi connectivity index (χ2n) is 3.59. The number of methoxy groups -OCH3 is 1. The first-order valence-electron chi connectivity index (χ1n) is 5.27. The zero-order chi connectivity index (χ0) is 10.4. The lowest BCUT2D eigenvalue weighted by Gasteiger charge is -2.08. The minimum absolute atomic E-state index is 0.980. The van der Waals surface area contributed by atoms with Gasteiger partial charge >= 0.3 is 0 Å². The highest BCUT2D eigenvalue weighted by Crippen LogP contribution is 2.20. The molecule has 1 heterocycles. The Balaban J connectivity index is 2.65. The quantitative estimate of drug-likeness (QED) is 0.670. The standard InChI is InChI=1S/C12H19NO/c1-4-5-6-7-11-9-13-10(2)8-12(11)14-3/h8-9H,4-7H2,1-3H3. The highest BCUT2D eigenvalue weighted by molar-refractivity contribution is 5.32. The Labute approximate surface area is 86.3 Å². The summed E-state index contributed by atoms with van der Waals surface area (Å²) >= 11 is 0. The Bertz CT molecular complexity index is 284. The van der Waals surface area contributed by atoms with E-state index in [2.05, 4.69) is 11.9 Å². The van der Waals surface area contributed by atoms with Crippen LogP contribution in [0.15, 0.2) is 12.3 Å². The van der Waals surface area contributed by atoms with E-state index >= 15 is 0 Å². The van der Waals surface area contributed by atoms with Gasteiger partial charge in [0.15, 0.2) is 0 Å². The molecule has 0 atom stereocenters. The maximum atomic E-state index is 5.32. The summed E-state index contributed by atoms with van der Waals surface area (Å²) in [5, 5.41) is 0. The summed E-state index contributed by atoms with van der Waals surface area (Å²) in [5.41, 5.74) is 2.24. The molecule has 0 fully saturated rings. The van der Waals surface area contributed by atoms with Crippen LogP contribution in [0.25, 0.3) is 0 Å². The first-order chi connectivity index (χ1) is 6.77. The van der Waals surface area contributed by atoms with E-state index in [0.29, 0.717) is 0 Å². The second kappa shape index (κ2) is 5.63. The van der Waals surface area contributed by atoms with Gasteiger partial charge in [0.1, 0.15) is 5.75 Å². The van der Waals surface area contributed by atoms with Crippen molar-refractivity contribution >= 4 is 0 Å². The lowest BCUT2D eigenvalue weighted by molar-refractivity contribution is 0.407. The van der Waals surface area contributed by atoms with Crippen LogP contribution < -0.4 is 4.74 Å². The largest absolute Gasteiger partial charge is 0.496 e. The summed E-state index contributed by atoms with van der Waals surface area (Å²) in [5.74, 6) is 0.980. The van der Waals surface area contributed by atoms with Crippen molar-refractivity contribution in [2.45, 2.75) is 39.5 Å². The van der Waals surface area contributed by atoms with Crippen molar-refractivity contribution in [3.63, 3.8) is 0 Å². The van der Waals surface area contributed by atoms with E-state index in [9.17, 15) is 0 Å². The van der Waals surface area contributed by atoms with E-state index in [0.717, 1.165) is 17.9 Å². The molecule has 1 aromatic heterocycles. The Kier molecular flexibility index (Phi) is 4.44. The highest BCUT2D eigenvalue weighted by atomic mass is 16.5. The molecule has 2 nitrogen and oxygen atoms in total. The van der Waals surface area contributed by atoms with Gasteiger partial charge in [0, 0.05) is 23.5 Å². The van der Waals surface area contributed by atoms with E-state index in [-0.39, 0.29) is 0 Å².